The molecule has 294 valence electrons. The minimum atomic E-state index is -1.16. The van der Waals surface area contributed by atoms with Crippen LogP contribution in [0.25, 0.3) is 0 Å². The first-order valence-electron chi connectivity index (χ1n) is 19.1. The maximum absolute atomic E-state index is 13.6. The van der Waals surface area contributed by atoms with E-state index in [0.717, 1.165) is 38.5 Å². The van der Waals surface area contributed by atoms with Crippen LogP contribution in [-0.4, -0.2) is 79.0 Å². The normalized spacial score (nSPS) is 21.7. The smallest absolute Gasteiger partial charge is 0.413 e. The van der Waals surface area contributed by atoms with E-state index in [1.807, 2.05) is 0 Å². The number of likely N-dealkylation sites (tertiary alicyclic amines) is 1. The molecule has 0 aromatic heterocycles. The predicted molar refractivity (Wildman–Crippen MR) is 200 cm³/mol. The second-order valence-corrected chi connectivity index (χ2v) is 14.8. The van der Waals surface area contributed by atoms with Gasteiger partial charge in [0, 0.05) is 24.9 Å². The van der Waals surface area contributed by atoms with Gasteiger partial charge in [0.2, 0.25) is 6.23 Å². The molecule has 3 aromatic carbocycles. The molecule has 0 bridgehead atoms. The fourth-order valence-corrected chi connectivity index (χ4v) is 6.46. The molecule has 4 atom stereocenters. The number of esters is 2. The highest BCUT2D eigenvalue weighted by molar-refractivity contribution is 5.95. The van der Waals surface area contributed by atoms with Crippen molar-refractivity contribution in [2.45, 2.75) is 109 Å². The van der Waals surface area contributed by atoms with Gasteiger partial charge < -0.3 is 38.5 Å². The van der Waals surface area contributed by atoms with Gasteiger partial charge in [-0.15, -0.1) is 0 Å². The Bertz CT molecular complexity index is 1740. The number of nitrogens with zero attached hydrogens (tertiary/aromatic N) is 1. The topological polar surface area (TPSA) is 148 Å². The minimum Gasteiger partial charge on any atom is -0.465 e. The van der Waals surface area contributed by atoms with Crippen molar-refractivity contribution in [1.82, 2.24) is 10.2 Å². The van der Waals surface area contributed by atoms with E-state index in [0.29, 0.717) is 49.5 Å². The molecule has 3 aliphatic heterocycles. The number of rotatable bonds is 10. The monoisotopic (exact) mass is 758 g/mol. The highest BCUT2D eigenvalue weighted by Crippen LogP contribution is 2.26. The summed E-state index contributed by atoms with van der Waals surface area (Å²) in [4.78, 5) is 54.9. The van der Waals surface area contributed by atoms with E-state index >= 15 is 0 Å². The Morgan fingerprint density at radius 1 is 0.636 bits per heavy atom. The molecule has 0 aliphatic carbocycles. The SMILES string of the molecule is CC(C)(C)OC(=O)N1CCCCC(NC(=O)c2ccc(OC(=O)c3ccc(OC4CCCCO4)cc3)cc2)C1OC(=O)c1ccc(OC2CCCCO2)cc1. The Kier molecular flexibility index (Phi) is 13.3. The molecule has 3 aromatic rings. The molecule has 13 nitrogen and oxygen atoms in total. The standard InChI is InChI=1S/C42H50N2O11/c1-42(2,3)55-41(48)44-25-7-4-10-34(38(44)54-40(47)30-17-23-32(24-18-30)52-36-12-6-9-27-50-36)43-37(45)28-13-19-33(20-14-28)53-39(46)29-15-21-31(22-16-29)51-35-11-5-8-26-49-35/h13-24,34-36,38H,4-12,25-27H2,1-3H3,(H,43,45). The van der Waals surface area contributed by atoms with Gasteiger partial charge in [0.25, 0.3) is 5.91 Å². The Hall–Kier alpha value is -5.14. The van der Waals surface area contributed by atoms with Crippen LogP contribution in [0.3, 0.4) is 0 Å². The third-order valence-corrected chi connectivity index (χ3v) is 9.31. The summed E-state index contributed by atoms with van der Waals surface area (Å²) in [6.45, 7) is 6.84. The molecular formula is C42H50N2O11. The molecule has 3 saturated heterocycles. The zero-order chi connectivity index (χ0) is 38.8. The number of benzene rings is 3. The van der Waals surface area contributed by atoms with Crippen LogP contribution in [0.5, 0.6) is 17.2 Å². The molecule has 0 saturated carbocycles. The van der Waals surface area contributed by atoms with Crippen molar-refractivity contribution >= 4 is 23.9 Å². The van der Waals surface area contributed by atoms with Crippen molar-refractivity contribution < 1.29 is 52.3 Å². The summed E-state index contributed by atoms with van der Waals surface area (Å²) >= 11 is 0. The average molecular weight is 759 g/mol. The summed E-state index contributed by atoms with van der Waals surface area (Å²) < 4.78 is 40.3. The maximum atomic E-state index is 13.6. The molecule has 3 fully saturated rings. The molecule has 13 heteroatoms. The van der Waals surface area contributed by atoms with Crippen molar-refractivity contribution in [3.05, 3.63) is 89.5 Å². The van der Waals surface area contributed by atoms with Crippen LogP contribution >= 0.6 is 0 Å². The van der Waals surface area contributed by atoms with Crippen LogP contribution in [0.15, 0.2) is 72.8 Å². The van der Waals surface area contributed by atoms with E-state index in [9.17, 15) is 19.2 Å². The number of hydrogen-bond acceptors (Lipinski definition) is 11. The van der Waals surface area contributed by atoms with Gasteiger partial charge >= 0.3 is 18.0 Å². The zero-order valence-electron chi connectivity index (χ0n) is 31.7. The number of hydrogen-bond donors (Lipinski definition) is 1. The van der Waals surface area contributed by atoms with Crippen LogP contribution < -0.4 is 19.5 Å². The van der Waals surface area contributed by atoms with Gasteiger partial charge in [-0.2, -0.15) is 0 Å². The molecule has 3 aliphatic rings. The lowest BCUT2D eigenvalue weighted by molar-refractivity contribution is -0.106. The van der Waals surface area contributed by atoms with Crippen molar-refractivity contribution in [3.63, 3.8) is 0 Å². The minimum absolute atomic E-state index is 0.248. The second-order valence-electron chi connectivity index (χ2n) is 14.8. The Morgan fingerprint density at radius 3 is 1.67 bits per heavy atom. The molecule has 1 N–H and O–H groups in total. The molecule has 4 unspecified atom stereocenters. The van der Waals surface area contributed by atoms with E-state index in [1.165, 1.54) is 29.2 Å². The third kappa shape index (κ3) is 11.4. The Morgan fingerprint density at radius 2 is 1.15 bits per heavy atom. The van der Waals surface area contributed by atoms with Gasteiger partial charge in [-0.1, -0.05) is 0 Å². The van der Waals surface area contributed by atoms with Gasteiger partial charge in [-0.3, -0.25) is 9.69 Å². The summed E-state index contributed by atoms with van der Waals surface area (Å²) in [6.07, 6.45) is 4.96. The lowest BCUT2D eigenvalue weighted by Crippen LogP contribution is -2.55. The van der Waals surface area contributed by atoms with Crippen molar-refractivity contribution in [2.75, 3.05) is 19.8 Å². The van der Waals surface area contributed by atoms with Crippen molar-refractivity contribution in [1.29, 1.82) is 0 Å². The summed E-state index contributed by atoms with van der Waals surface area (Å²) in [7, 11) is 0. The molecule has 0 spiro atoms. The van der Waals surface area contributed by atoms with E-state index in [2.05, 4.69) is 5.32 Å². The highest BCUT2D eigenvalue weighted by Gasteiger charge is 2.39. The van der Waals surface area contributed by atoms with Crippen LogP contribution in [0.1, 0.15) is 110 Å². The number of carbonyl (C=O) groups excluding carboxylic acids is 4. The summed E-state index contributed by atoms with van der Waals surface area (Å²) in [5, 5.41) is 2.98. The Labute approximate surface area is 321 Å². The summed E-state index contributed by atoms with van der Waals surface area (Å²) in [5.41, 5.74) is 0.0583. The molecule has 55 heavy (non-hydrogen) atoms. The largest absolute Gasteiger partial charge is 0.465 e. The Balaban J connectivity index is 1.10. The lowest BCUT2D eigenvalue weighted by Gasteiger charge is -2.35. The predicted octanol–water partition coefficient (Wildman–Crippen LogP) is 7.42. The molecular weight excluding hydrogens is 708 g/mol. The van der Waals surface area contributed by atoms with Gasteiger partial charge in [-0.25, -0.2) is 14.4 Å². The van der Waals surface area contributed by atoms with Crippen molar-refractivity contribution in [3.8, 4) is 17.2 Å². The van der Waals surface area contributed by atoms with Gasteiger partial charge in [0.1, 0.15) is 22.8 Å². The highest BCUT2D eigenvalue weighted by atomic mass is 16.7. The van der Waals surface area contributed by atoms with E-state index in [1.54, 1.807) is 69.3 Å². The number of nitrogens with one attached hydrogen (secondary N) is 1. The first-order chi connectivity index (χ1) is 26.5. The van der Waals surface area contributed by atoms with Crippen molar-refractivity contribution in [2.24, 2.45) is 0 Å². The van der Waals surface area contributed by atoms with Crippen LogP contribution in [0.2, 0.25) is 0 Å². The molecule has 6 rings (SSSR count). The van der Waals surface area contributed by atoms with Crippen LogP contribution in [-0.2, 0) is 18.9 Å². The van der Waals surface area contributed by atoms with Gasteiger partial charge in [0.15, 0.2) is 12.6 Å². The summed E-state index contributed by atoms with van der Waals surface area (Å²) in [5.74, 6) is -0.293. The maximum Gasteiger partial charge on any atom is 0.413 e. The first kappa shape index (κ1) is 39.6. The lowest BCUT2D eigenvalue weighted by atomic mass is 10.1. The number of ether oxygens (including phenoxy) is 7. The average Bonchev–Trinajstić information content (AvgIpc) is 3.37. The van der Waals surface area contributed by atoms with Gasteiger partial charge in [0.05, 0.1) is 30.4 Å². The zero-order valence-corrected chi connectivity index (χ0v) is 31.7. The number of amides is 2. The van der Waals surface area contributed by atoms with Crippen LogP contribution in [0, 0.1) is 0 Å². The third-order valence-electron chi connectivity index (χ3n) is 9.31. The second kappa shape index (κ2) is 18.5. The first-order valence-corrected chi connectivity index (χ1v) is 19.1. The molecule has 2 amide bonds. The summed E-state index contributed by atoms with van der Waals surface area (Å²) in [6, 6.07) is 18.5. The fraction of sp³-hybridized carbons (Fsp3) is 0.476. The molecule has 0 radical (unpaired) electrons. The quantitative estimate of drug-likeness (QED) is 0.163. The van der Waals surface area contributed by atoms with E-state index < -0.39 is 41.8 Å². The fourth-order valence-electron chi connectivity index (χ4n) is 6.46. The number of carbonyl (C=O) groups is 4. The molecule has 3 heterocycles. The van der Waals surface area contributed by atoms with E-state index in [-0.39, 0.29) is 36.0 Å². The van der Waals surface area contributed by atoms with E-state index in [4.69, 9.17) is 33.2 Å². The van der Waals surface area contributed by atoms with Crippen LogP contribution in [0.4, 0.5) is 4.79 Å². The van der Waals surface area contributed by atoms with Gasteiger partial charge in [-0.05, 0) is 139 Å².